The number of imidazole rings is 1. The molecule has 4 rings (SSSR count). The molecule has 0 bridgehead atoms. The highest BCUT2D eigenvalue weighted by molar-refractivity contribution is 5.88. The fourth-order valence-electron chi connectivity index (χ4n) is 2.68. The molecule has 2 aromatic carbocycles. The van der Waals surface area contributed by atoms with Crippen molar-refractivity contribution in [3.8, 4) is 5.75 Å². The van der Waals surface area contributed by atoms with Crippen molar-refractivity contribution in [1.29, 1.82) is 0 Å². The minimum Gasteiger partial charge on any atom is -0.490 e. The molecule has 0 amide bonds. The number of aromatic amines is 1. The number of anilines is 1. The number of ether oxygens (including phenoxy) is 1. The van der Waals surface area contributed by atoms with Crippen molar-refractivity contribution in [2.45, 2.75) is 6.10 Å². The van der Waals surface area contributed by atoms with Crippen molar-refractivity contribution in [3.63, 3.8) is 0 Å². The van der Waals surface area contributed by atoms with E-state index in [4.69, 9.17) is 4.74 Å². The number of nitrogens with zero attached hydrogens (tertiary/aromatic N) is 3. The zero-order valence-corrected chi connectivity index (χ0v) is 13.4. The lowest BCUT2D eigenvalue weighted by molar-refractivity contribution is 0.118. The van der Waals surface area contributed by atoms with Crippen molar-refractivity contribution in [3.05, 3.63) is 55.1 Å². The molecule has 0 saturated carbocycles. The lowest BCUT2D eigenvalue weighted by Gasteiger charge is -2.15. The van der Waals surface area contributed by atoms with Crippen LogP contribution in [0.2, 0.25) is 0 Å². The van der Waals surface area contributed by atoms with Gasteiger partial charge in [0.25, 0.3) is 0 Å². The van der Waals surface area contributed by atoms with Crippen LogP contribution in [-0.4, -0.2) is 44.3 Å². The molecule has 1 atom stereocenters. The summed E-state index contributed by atoms with van der Waals surface area (Å²) in [4.78, 5) is 15.3. The van der Waals surface area contributed by atoms with E-state index < -0.39 is 6.10 Å². The number of aliphatic hydroxyl groups excluding tert-OH is 1. The third kappa shape index (κ3) is 3.22. The van der Waals surface area contributed by atoms with Gasteiger partial charge >= 0.3 is 0 Å². The summed E-state index contributed by atoms with van der Waals surface area (Å²) < 4.78 is 5.80. The van der Waals surface area contributed by atoms with Crippen LogP contribution in [0, 0.1) is 0 Å². The highest BCUT2D eigenvalue weighted by atomic mass is 16.5. The Labute approximate surface area is 143 Å². The summed E-state index contributed by atoms with van der Waals surface area (Å²) in [6.07, 6.45) is 2.31. The van der Waals surface area contributed by atoms with Crippen LogP contribution < -0.4 is 10.1 Å². The van der Waals surface area contributed by atoms with Gasteiger partial charge < -0.3 is 20.1 Å². The van der Waals surface area contributed by atoms with Gasteiger partial charge in [-0.3, -0.25) is 0 Å². The summed E-state index contributed by atoms with van der Waals surface area (Å²) in [6.45, 7) is 0.480. The van der Waals surface area contributed by atoms with Crippen LogP contribution in [0.15, 0.2) is 55.1 Å². The van der Waals surface area contributed by atoms with Gasteiger partial charge in [-0.2, -0.15) is 0 Å². The molecule has 0 spiro atoms. The molecule has 7 heteroatoms. The summed E-state index contributed by atoms with van der Waals surface area (Å²) in [5.74, 6) is 1.36. The number of hydrogen-bond donors (Lipinski definition) is 3. The summed E-state index contributed by atoms with van der Waals surface area (Å²) >= 11 is 0. The molecule has 0 aliphatic carbocycles. The van der Waals surface area contributed by atoms with Gasteiger partial charge in [-0.1, -0.05) is 36.4 Å². The maximum absolute atomic E-state index is 10.2. The van der Waals surface area contributed by atoms with Gasteiger partial charge in [0.2, 0.25) is 0 Å². The summed E-state index contributed by atoms with van der Waals surface area (Å²) in [6, 6.07) is 13.9. The first-order valence-electron chi connectivity index (χ1n) is 7.98. The molecule has 126 valence electrons. The second-order valence-corrected chi connectivity index (χ2v) is 5.65. The third-order valence-corrected chi connectivity index (χ3v) is 3.91. The Morgan fingerprint density at radius 1 is 1.08 bits per heavy atom. The molecule has 0 radical (unpaired) electrons. The molecule has 2 aromatic heterocycles. The van der Waals surface area contributed by atoms with Gasteiger partial charge in [-0.15, -0.1) is 0 Å². The number of nitrogens with one attached hydrogen (secondary N) is 2. The normalized spacial score (nSPS) is 12.4. The van der Waals surface area contributed by atoms with E-state index in [2.05, 4.69) is 25.3 Å². The zero-order valence-electron chi connectivity index (χ0n) is 13.4. The van der Waals surface area contributed by atoms with Crippen LogP contribution in [0.5, 0.6) is 5.75 Å². The quantitative estimate of drug-likeness (QED) is 0.500. The fourth-order valence-corrected chi connectivity index (χ4v) is 2.68. The SMILES string of the molecule is O[C@H](CNc1ncnc2nc[nH]c12)COc1cccc2ccccc12. The van der Waals surface area contributed by atoms with Crippen molar-refractivity contribution >= 4 is 27.8 Å². The van der Waals surface area contributed by atoms with Crippen LogP contribution >= 0.6 is 0 Å². The molecule has 3 N–H and O–H groups in total. The first-order chi connectivity index (χ1) is 12.3. The summed E-state index contributed by atoms with van der Waals surface area (Å²) in [5.41, 5.74) is 1.30. The van der Waals surface area contributed by atoms with Gasteiger partial charge in [0, 0.05) is 11.9 Å². The average molecular weight is 335 g/mol. The molecular weight excluding hydrogens is 318 g/mol. The van der Waals surface area contributed by atoms with E-state index in [1.165, 1.54) is 6.33 Å². The summed E-state index contributed by atoms with van der Waals surface area (Å²) in [5, 5.41) is 15.4. The van der Waals surface area contributed by atoms with E-state index in [-0.39, 0.29) is 6.61 Å². The van der Waals surface area contributed by atoms with Gasteiger partial charge in [-0.05, 0) is 11.5 Å². The number of rotatable bonds is 6. The Balaban J connectivity index is 1.39. The first-order valence-corrected chi connectivity index (χ1v) is 7.98. The number of hydrogen-bond acceptors (Lipinski definition) is 6. The fraction of sp³-hybridized carbons (Fsp3) is 0.167. The summed E-state index contributed by atoms with van der Waals surface area (Å²) in [7, 11) is 0. The Hall–Kier alpha value is -3.19. The Morgan fingerprint density at radius 2 is 1.96 bits per heavy atom. The largest absolute Gasteiger partial charge is 0.490 e. The van der Waals surface area contributed by atoms with E-state index in [9.17, 15) is 5.11 Å². The first kappa shape index (κ1) is 15.3. The lowest BCUT2D eigenvalue weighted by Crippen LogP contribution is -2.26. The Kier molecular flexibility index (Phi) is 4.14. The molecular formula is C18H17N5O2. The van der Waals surface area contributed by atoms with E-state index in [0.717, 1.165) is 16.5 Å². The second-order valence-electron chi connectivity index (χ2n) is 5.65. The van der Waals surface area contributed by atoms with Crippen LogP contribution in [0.25, 0.3) is 21.9 Å². The second kappa shape index (κ2) is 6.74. The predicted octanol–water partition coefficient (Wildman–Crippen LogP) is 2.36. The van der Waals surface area contributed by atoms with Gasteiger partial charge in [0.15, 0.2) is 11.5 Å². The molecule has 0 unspecified atom stereocenters. The maximum Gasteiger partial charge on any atom is 0.182 e. The smallest absolute Gasteiger partial charge is 0.182 e. The molecule has 7 nitrogen and oxygen atoms in total. The highest BCUT2D eigenvalue weighted by Gasteiger charge is 2.10. The topological polar surface area (TPSA) is 96.0 Å². The number of aliphatic hydroxyl groups is 1. The van der Waals surface area contributed by atoms with Crippen molar-refractivity contribution in [2.75, 3.05) is 18.5 Å². The zero-order chi connectivity index (χ0) is 17.1. The molecule has 0 saturated heterocycles. The number of benzene rings is 2. The Morgan fingerprint density at radius 3 is 2.92 bits per heavy atom. The van der Waals surface area contributed by atoms with E-state index in [1.54, 1.807) is 6.33 Å². The van der Waals surface area contributed by atoms with Gasteiger partial charge in [-0.25, -0.2) is 15.0 Å². The van der Waals surface area contributed by atoms with Crippen LogP contribution in [-0.2, 0) is 0 Å². The molecule has 25 heavy (non-hydrogen) atoms. The maximum atomic E-state index is 10.2. The molecule has 0 fully saturated rings. The van der Waals surface area contributed by atoms with Crippen LogP contribution in [0.4, 0.5) is 5.82 Å². The monoisotopic (exact) mass is 335 g/mol. The lowest BCUT2D eigenvalue weighted by atomic mass is 10.1. The van der Waals surface area contributed by atoms with Crippen LogP contribution in [0.3, 0.4) is 0 Å². The molecule has 0 aliphatic rings. The third-order valence-electron chi connectivity index (χ3n) is 3.91. The number of fused-ring (bicyclic) bond motifs is 2. The minimum absolute atomic E-state index is 0.179. The van der Waals surface area contributed by atoms with Gasteiger partial charge in [0.05, 0.1) is 6.33 Å². The molecule has 4 aromatic rings. The molecule has 0 aliphatic heterocycles. The van der Waals surface area contributed by atoms with Gasteiger partial charge in [0.1, 0.15) is 30.3 Å². The number of aromatic nitrogens is 4. The number of H-pyrrole nitrogens is 1. The van der Waals surface area contributed by atoms with Crippen LogP contribution in [0.1, 0.15) is 0 Å². The van der Waals surface area contributed by atoms with Crippen molar-refractivity contribution in [1.82, 2.24) is 19.9 Å². The average Bonchev–Trinajstić information content (AvgIpc) is 3.14. The predicted molar refractivity (Wildman–Crippen MR) is 95.6 cm³/mol. The van der Waals surface area contributed by atoms with E-state index in [1.807, 2.05) is 42.5 Å². The van der Waals surface area contributed by atoms with Crippen molar-refractivity contribution in [2.24, 2.45) is 0 Å². The van der Waals surface area contributed by atoms with Crippen molar-refractivity contribution < 1.29 is 9.84 Å². The minimum atomic E-state index is -0.688. The Bertz CT molecular complexity index is 996. The van der Waals surface area contributed by atoms with E-state index >= 15 is 0 Å². The molecule has 2 heterocycles. The highest BCUT2D eigenvalue weighted by Crippen LogP contribution is 2.25. The standard InChI is InChI=1S/C18H17N5O2/c24-13(8-19-17-16-18(21-10-20-16)23-11-22-17)9-25-15-7-3-5-12-4-1-2-6-14(12)15/h1-7,10-11,13,24H,8-9H2,(H2,19,20,21,22,23)/t13-/m1/s1. The van der Waals surface area contributed by atoms with E-state index in [0.29, 0.717) is 23.5 Å².